The fourth-order valence-electron chi connectivity index (χ4n) is 2.15. The molecule has 0 aromatic heterocycles. The van der Waals surface area contributed by atoms with E-state index in [1.807, 2.05) is 0 Å². The maximum Gasteiger partial charge on any atom is 0.265 e. The lowest BCUT2D eigenvalue weighted by Gasteiger charge is -2.23. The van der Waals surface area contributed by atoms with Gasteiger partial charge in [-0.3, -0.25) is 9.59 Å². The Labute approximate surface area is 120 Å². The minimum absolute atomic E-state index is 0.00567. The molecule has 0 spiro atoms. The normalized spacial score (nSPS) is 16.7. The van der Waals surface area contributed by atoms with E-state index < -0.39 is 17.7 Å². The van der Waals surface area contributed by atoms with Gasteiger partial charge < -0.3 is 10.1 Å². The number of benzene rings is 2. The van der Waals surface area contributed by atoms with Crippen LogP contribution in [0.1, 0.15) is 22.8 Å². The molecule has 1 heterocycles. The molecule has 0 aliphatic carbocycles. The molecule has 1 N–H and O–H groups in total. The molecule has 1 aliphatic heterocycles. The van der Waals surface area contributed by atoms with Gasteiger partial charge in [0.15, 0.2) is 11.9 Å². The molecule has 21 heavy (non-hydrogen) atoms. The van der Waals surface area contributed by atoms with Gasteiger partial charge in [0.1, 0.15) is 11.6 Å². The lowest BCUT2D eigenvalue weighted by Crippen LogP contribution is -2.34. The number of ketones is 1. The molecule has 2 aromatic carbocycles. The Bertz CT molecular complexity index is 742. The molecule has 5 heteroatoms. The minimum Gasteiger partial charge on any atom is -0.479 e. The smallest absolute Gasteiger partial charge is 0.265 e. The van der Waals surface area contributed by atoms with Gasteiger partial charge in [-0.25, -0.2) is 4.39 Å². The Morgan fingerprint density at radius 1 is 1.24 bits per heavy atom. The highest BCUT2D eigenvalue weighted by molar-refractivity contribution is 6.10. The Morgan fingerprint density at radius 3 is 2.76 bits per heavy atom. The quantitative estimate of drug-likeness (QED) is 0.863. The highest BCUT2D eigenvalue weighted by atomic mass is 19.1. The maximum atomic E-state index is 13.7. The second-order valence-corrected chi connectivity index (χ2v) is 4.77. The number of carbonyl (C=O) groups excluding carboxylic acids is 2. The fourth-order valence-corrected chi connectivity index (χ4v) is 2.15. The minimum atomic E-state index is -0.578. The lowest BCUT2D eigenvalue weighted by atomic mass is 10.0. The molecule has 4 nitrogen and oxygen atoms in total. The molecule has 0 radical (unpaired) electrons. The molecular weight excluding hydrogens is 273 g/mol. The number of halogens is 1. The van der Waals surface area contributed by atoms with Crippen LogP contribution < -0.4 is 10.1 Å². The summed E-state index contributed by atoms with van der Waals surface area (Å²) in [6, 6.07) is 10.4. The average Bonchev–Trinajstić information content (AvgIpc) is 2.48. The van der Waals surface area contributed by atoms with Crippen molar-refractivity contribution in [1.29, 1.82) is 0 Å². The summed E-state index contributed by atoms with van der Waals surface area (Å²) in [4.78, 5) is 23.9. The third kappa shape index (κ3) is 2.38. The monoisotopic (exact) mass is 285 g/mol. The first-order valence-electron chi connectivity index (χ1n) is 6.47. The van der Waals surface area contributed by atoms with Gasteiger partial charge in [-0.05, 0) is 37.3 Å². The maximum absolute atomic E-state index is 13.7. The van der Waals surface area contributed by atoms with Crippen molar-refractivity contribution in [2.45, 2.75) is 13.0 Å². The molecule has 2 aromatic rings. The van der Waals surface area contributed by atoms with Gasteiger partial charge in [-0.1, -0.05) is 12.1 Å². The summed E-state index contributed by atoms with van der Waals surface area (Å²) < 4.78 is 19.1. The van der Waals surface area contributed by atoms with E-state index in [-0.39, 0.29) is 17.0 Å². The van der Waals surface area contributed by atoms with Crippen LogP contribution in [-0.2, 0) is 4.79 Å². The SMILES string of the molecule is CC1Oc2ccc(C(=O)c3ccccc3F)cc2NC1=O. The third-order valence-corrected chi connectivity index (χ3v) is 3.29. The zero-order valence-electron chi connectivity index (χ0n) is 11.2. The van der Waals surface area contributed by atoms with Crippen LogP contribution in [0.25, 0.3) is 0 Å². The Kier molecular flexibility index (Phi) is 3.17. The zero-order valence-corrected chi connectivity index (χ0v) is 11.2. The average molecular weight is 285 g/mol. The van der Waals surface area contributed by atoms with Crippen LogP contribution in [-0.4, -0.2) is 17.8 Å². The van der Waals surface area contributed by atoms with Crippen LogP contribution in [0.2, 0.25) is 0 Å². The van der Waals surface area contributed by atoms with Crippen LogP contribution in [0, 0.1) is 5.82 Å². The number of rotatable bonds is 2. The Balaban J connectivity index is 1.98. The van der Waals surface area contributed by atoms with Crippen molar-refractivity contribution in [2.75, 3.05) is 5.32 Å². The Hall–Kier alpha value is -2.69. The van der Waals surface area contributed by atoms with Gasteiger partial charge in [0.05, 0.1) is 11.3 Å². The van der Waals surface area contributed by atoms with Gasteiger partial charge in [0.2, 0.25) is 0 Å². The van der Waals surface area contributed by atoms with Gasteiger partial charge in [-0.15, -0.1) is 0 Å². The summed E-state index contributed by atoms with van der Waals surface area (Å²) in [7, 11) is 0. The van der Waals surface area contributed by atoms with Gasteiger partial charge in [-0.2, -0.15) is 0 Å². The number of fused-ring (bicyclic) bond motifs is 1. The number of carbonyl (C=O) groups is 2. The number of ether oxygens (including phenoxy) is 1. The van der Waals surface area contributed by atoms with Crippen LogP contribution in [0.4, 0.5) is 10.1 Å². The molecule has 1 unspecified atom stereocenters. The van der Waals surface area contributed by atoms with E-state index >= 15 is 0 Å². The molecule has 0 bridgehead atoms. The van der Waals surface area contributed by atoms with Crippen molar-refractivity contribution >= 4 is 17.4 Å². The number of anilines is 1. The van der Waals surface area contributed by atoms with Crippen LogP contribution in [0.5, 0.6) is 5.75 Å². The molecule has 1 aliphatic rings. The highest BCUT2D eigenvalue weighted by Gasteiger charge is 2.24. The second kappa shape index (κ2) is 5.01. The molecule has 3 rings (SSSR count). The van der Waals surface area contributed by atoms with E-state index in [1.54, 1.807) is 25.1 Å². The summed E-state index contributed by atoms with van der Waals surface area (Å²) in [5.41, 5.74) is 0.700. The van der Waals surface area contributed by atoms with Crippen molar-refractivity contribution < 1.29 is 18.7 Å². The van der Waals surface area contributed by atoms with Crippen LogP contribution in [0.15, 0.2) is 42.5 Å². The predicted molar refractivity (Wildman–Crippen MR) is 75.0 cm³/mol. The highest BCUT2D eigenvalue weighted by Crippen LogP contribution is 2.31. The van der Waals surface area contributed by atoms with Crippen molar-refractivity contribution in [1.82, 2.24) is 0 Å². The first kappa shape index (κ1) is 13.3. The summed E-state index contributed by atoms with van der Waals surface area (Å²) in [6.45, 7) is 1.64. The van der Waals surface area contributed by atoms with E-state index in [2.05, 4.69) is 5.32 Å². The largest absolute Gasteiger partial charge is 0.479 e. The standard InChI is InChI=1S/C16H12FNO3/c1-9-16(20)18-13-8-10(6-7-14(13)21-9)15(19)11-4-2-3-5-12(11)17/h2-9H,1H3,(H,18,20). The van der Waals surface area contributed by atoms with E-state index in [9.17, 15) is 14.0 Å². The first-order chi connectivity index (χ1) is 10.1. The molecule has 0 fully saturated rings. The molecular formula is C16H12FNO3. The van der Waals surface area contributed by atoms with Gasteiger partial charge in [0.25, 0.3) is 5.91 Å². The van der Waals surface area contributed by atoms with Crippen LogP contribution in [0.3, 0.4) is 0 Å². The van der Waals surface area contributed by atoms with E-state index in [0.717, 1.165) is 0 Å². The predicted octanol–water partition coefficient (Wildman–Crippen LogP) is 2.78. The summed E-state index contributed by atoms with van der Waals surface area (Å²) >= 11 is 0. The third-order valence-electron chi connectivity index (χ3n) is 3.29. The van der Waals surface area contributed by atoms with Gasteiger partial charge >= 0.3 is 0 Å². The molecule has 1 amide bonds. The van der Waals surface area contributed by atoms with E-state index in [0.29, 0.717) is 11.4 Å². The summed E-state index contributed by atoms with van der Waals surface area (Å²) in [6.07, 6.45) is -0.578. The van der Waals surface area contributed by atoms with Crippen molar-refractivity contribution in [3.05, 3.63) is 59.4 Å². The Morgan fingerprint density at radius 2 is 2.00 bits per heavy atom. The van der Waals surface area contributed by atoms with Gasteiger partial charge in [0, 0.05) is 5.56 Å². The number of nitrogens with one attached hydrogen (secondary N) is 1. The summed E-state index contributed by atoms with van der Waals surface area (Å²) in [5.74, 6) is -0.803. The fraction of sp³-hybridized carbons (Fsp3) is 0.125. The van der Waals surface area contributed by atoms with Crippen molar-refractivity contribution in [2.24, 2.45) is 0 Å². The van der Waals surface area contributed by atoms with E-state index in [4.69, 9.17) is 4.74 Å². The lowest BCUT2D eigenvalue weighted by molar-refractivity contribution is -0.122. The van der Waals surface area contributed by atoms with Crippen molar-refractivity contribution in [3.8, 4) is 5.75 Å². The van der Waals surface area contributed by atoms with Crippen molar-refractivity contribution in [3.63, 3.8) is 0 Å². The molecule has 0 saturated carbocycles. The number of amides is 1. The number of hydrogen-bond acceptors (Lipinski definition) is 3. The molecule has 1 atom stereocenters. The molecule has 0 saturated heterocycles. The first-order valence-corrected chi connectivity index (χ1v) is 6.47. The number of hydrogen-bond donors (Lipinski definition) is 1. The zero-order chi connectivity index (χ0) is 15.0. The second-order valence-electron chi connectivity index (χ2n) is 4.77. The molecule has 106 valence electrons. The van der Waals surface area contributed by atoms with Crippen LogP contribution >= 0.6 is 0 Å². The summed E-state index contributed by atoms with van der Waals surface area (Å²) in [5, 5.41) is 2.66. The van der Waals surface area contributed by atoms with E-state index in [1.165, 1.54) is 24.3 Å². The topological polar surface area (TPSA) is 55.4 Å².